The van der Waals surface area contributed by atoms with E-state index in [1.54, 1.807) is 55.5 Å². The van der Waals surface area contributed by atoms with Crippen LogP contribution in [-0.4, -0.2) is 6.61 Å². The molecule has 5 heteroatoms. The molecule has 1 fully saturated rings. The van der Waals surface area contributed by atoms with E-state index in [2.05, 4.69) is 6.92 Å². The summed E-state index contributed by atoms with van der Waals surface area (Å²) < 4.78 is 63.8. The quantitative estimate of drug-likeness (QED) is 0.146. The predicted molar refractivity (Wildman–Crippen MR) is 147 cm³/mol. The second-order valence-corrected chi connectivity index (χ2v) is 10.2. The summed E-state index contributed by atoms with van der Waals surface area (Å²) in [5.74, 6) is -2.90. The highest BCUT2D eigenvalue weighted by Gasteiger charge is 2.26. The van der Waals surface area contributed by atoms with Gasteiger partial charge in [0.05, 0.1) is 6.61 Å². The van der Waals surface area contributed by atoms with Crippen molar-refractivity contribution in [1.82, 2.24) is 0 Å². The molecular formula is C33H36F4O. The SMILES string of the molecule is CCCCCC1CCC(c2ccc(/C=C/c3ccc(-c4ccc(OCC)c(F)c4F)cc3)c(F)c2F)CC1. The monoisotopic (exact) mass is 524 g/mol. The molecule has 0 atom stereocenters. The summed E-state index contributed by atoms with van der Waals surface area (Å²) in [6, 6.07) is 13.0. The van der Waals surface area contributed by atoms with E-state index < -0.39 is 23.3 Å². The van der Waals surface area contributed by atoms with Gasteiger partial charge in [0.2, 0.25) is 5.82 Å². The summed E-state index contributed by atoms with van der Waals surface area (Å²) in [6.07, 6.45) is 12.2. The van der Waals surface area contributed by atoms with Crippen molar-refractivity contribution in [2.24, 2.45) is 5.92 Å². The minimum absolute atomic E-state index is 0.0744. The molecule has 202 valence electrons. The van der Waals surface area contributed by atoms with Crippen LogP contribution in [0.5, 0.6) is 5.75 Å². The van der Waals surface area contributed by atoms with Gasteiger partial charge in [-0.15, -0.1) is 0 Å². The first-order valence-corrected chi connectivity index (χ1v) is 13.8. The number of ether oxygens (including phenoxy) is 1. The second kappa shape index (κ2) is 13.1. The summed E-state index contributed by atoms with van der Waals surface area (Å²) >= 11 is 0. The molecule has 1 aliphatic carbocycles. The van der Waals surface area contributed by atoms with Gasteiger partial charge in [0.25, 0.3) is 0 Å². The zero-order valence-electron chi connectivity index (χ0n) is 22.2. The third-order valence-corrected chi connectivity index (χ3v) is 7.67. The number of hydrogen-bond acceptors (Lipinski definition) is 1. The van der Waals surface area contributed by atoms with E-state index in [0.29, 0.717) is 17.0 Å². The minimum Gasteiger partial charge on any atom is -0.491 e. The van der Waals surface area contributed by atoms with Crippen LogP contribution >= 0.6 is 0 Å². The molecule has 0 aliphatic heterocycles. The number of benzene rings is 3. The van der Waals surface area contributed by atoms with Crippen LogP contribution < -0.4 is 4.74 Å². The van der Waals surface area contributed by atoms with Gasteiger partial charge < -0.3 is 4.74 Å². The lowest BCUT2D eigenvalue weighted by molar-refractivity contribution is 0.298. The van der Waals surface area contributed by atoms with Crippen LogP contribution in [0, 0.1) is 29.2 Å². The molecule has 1 aliphatic rings. The molecule has 1 saturated carbocycles. The number of hydrogen-bond donors (Lipinski definition) is 0. The Balaban J connectivity index is 1.42. The normalized spacial score (nSPS) is 17.7. The van der Waals surface area contributed by atoms with Crippen LogP contribution in [0.15, 0.2) is 48.5 Å². The Morgan fingerprint density at radius 1 is 0.737 bits per heavy atom. The van der Waals surface area contributed by atoms with E-state index in [4.69, 9.17) is 4.74 Å². The molecule has 0 amide bonds. The van der Waals surface area contributed by atoms with Crippen LogP contribution in [0.4, 0.5) is 17.6 Å². The fourth-order valence-corrected chi connectivity index (χ4v) is 5.45. The summed E-state index contributed by atoms with van der Waals surface area (Å²) in [4.78, 5) is 0. The molecule has 38 heavy (non-hydrogen) atoms. The van der Waals surface area contributed by atoms with Gasteiger partial charge in [0, 0.05) is 11.1 Å². The maximum Gasteiger partial charge on any atom is 0.201 e. The first-order chi connectivity index (χ1) is 18.4. The third-order valence-electron chi connectivity index (χ3n) is 7.67. The lowest BCUT2D eigenvalue weighted by Crippen LogP contribution is -2.15. The Labute approximate surface area is 223 Å². The van der Waals surface area contributed by atoms with Crippen LogP contribution in [0.3, 0.4) is 0 Å². The van der Waals surface area contributed by atoms with Crippen LogP contribution in [-0.2, 0) is 0 Å². The van der Waals surface area contributed by atoms with Gasteiger partial charge in [-0.25, -0.2) is 13.2 Å². The highest BCUT2D eigenvalue weighted by Crippen LogP contribution is 2.39. The van der Waals surface area contributed by atoms with E-state index in [1.165, 1.54) is 37.8 Å². The van der Waals surface area contributed by atoms with Crippen molar-refractivity contribution in [2.75, 3.05) is 6.61 Å². The molecule has 0 spiro atoms. The maximum atomic E-state index is 15.0. The minimum atomic E-state index is -1.02. The first-order valence-electron chi connectivity index (χ1n) is 13.8. The van der Waals surface area contributed by atoms with E-state index >= 15 is 4.39 Å². The van der Waals surface area contributed by atoms with Crippen LogP contribution in [0.2, 0.25) is 0 Å². The predicted octanol–water partition coefficient (Wildman–Crippen LogP) is 10.3. The largest absolute Gasteiger partial charge is 0.491 e. The standard InChI is InChI=1S/C33H36F4O/c1-3-5-6-7-22-8-13-24(14-9-22)27-19-18-26(30(34)31(27)35)17-12-23-10-15-25(16-11-23)28-20-21-29(38-4-2)33(37)32(28)36/h10-12,15-22,24H,3-9,13-14H2,1-2H3/b17-12+. The van der Waals surface area contributed by atoms with Gasteiger partial charge in [0.1, 0.15) is 0 Å². The number of halogens is 4. The van der Waals surface area contributed by atoms with Crippen molar-refractivity contribution >= 4 is 12.2 Å². The van der Waals surface area contributed by atoms with Crippen molar-refractivity contribution in [3.8, 4) is 16.9 Å². The summed E-state index contributed by atoms with van der Waals surface area (Å²) in [5, 5.41) is 0. The highest BCUT2D eigenvalue weighted by molar-refractivity contribution is 5.73. The molecule has 0 bridgehead atoms. The van der Waals surface area contributed by atoms with Gasteiger partial charge in [-0.1, -0.05) is 81.2 Å². The van der Waals surface area contributed by atoms with Crippen molar-refractivity contribution in [3.63, 3.8) is 0 Å². The molecule has 0 N–H and O–H groups in total. The zero-order chi connectivity index (χ0) is 27.1. The van der Waals surface area contributed by atoms with Gasteiger partial charge in [-0.05, 0) is 73.3 Å². The van der Waals surface area contributed by atoms with Gasteiger partial charge in [0.15, 0.2) is 23.2 Å². The topological polar surface area (TPSA) is 9.23 Å². The Morgan fingerprint density at radius 3 is 2.16 bits per heavy atom. The molecule has 0 saturated heterocycles. The molecule has 3 aromatic carbocycles. The van der Waals surface area contributed by atoms with Crippen molar-refractivity contribution in [2.45, 2.75) is 71.1 Å². The van der Waals surface area contributed by atoms with E-state index in [0.717, 1.165) is 31.2 Å². The van der Waals surface area contributed by atoms with Gasteiger partial charge in [-0.3, -0.25) is 0 Å². The average molecular weight is 525 g/mol. The van der Waals surface area contributed by atoms with E-state index in [-0.39, 0.29) is 29.4 Å². The van der Waals surface area contributed by atoms with E-state index in [9.17, 15) is 13.2 Å². The Bertz CT molecular complexity index is 1240. The lowest BCUT2D eigenvalue weighted by atomic mass is 9.76. The fraction of sp³-hybridized carbons (Fsp3) is 0.394. The molecule has 4 rings (SSSR count). The first kappa shape index (κ1) is 27.9. The Kier molecular flexibility index (Phi) is 9.65. The van der Waals surface area contributed by atoms with Crippen LogP contribution in [0.1, 0.15) is 87.8 Å². The molecule has 0 aromatic heterocycles. The molecular weight excluding hydrogens is 488 g/mol. The summed E-state index contributed by atoms with van der Waals surface area (Å²) in [7, 11) is 0. The Morgan fingerprint density at radius 2 is 1.47 bits per heavy atom. The Hall–Kier alpha value is -3.08. The maximum absolute atomic E-state index is 15.0. The highest BCUT2D eigenvalue weighted by atomic mass is 19.2. The summed E-state index contributed by atoms with van der Waals surface area (Å²) in [6.45, 7) is 4.15. The molecule has 3 aromatic rings. The van der Waals surface area contributed by atoms with E-state index in [1.807, 2.05) is 0 Å². The lowest BCUT2D eigenvalue weighted by Gasteiger charge is -2.29. The zero-order valence-corrected chi connectivity index (χ0v) is 22.2. The number of rotatable bonds is 10. The van der Waals surface area contributed by atoms with Crippen molar-refractivity contribution in [3.05, 3.63) is 88.5 Å². The summed E-state index contributed by atoms with van der Waals surface area (Å²) in [5.41, 5.74) is 2.03. The number of unbranched alkanes of at least 4 members (excludes halogenated alkanes) is 2. The van der Waals surface area contributed by atoms with Gasteiger partial charge >= 0.3 is 0 Å². The third kappa shape index (κ3) is 6.48. The van der Waals surface area contributed by atoms with Gasteiger partial charge in [-0.2, -0.15) is 4.39 Å². The van der Waals surface area contributed by atoms with Crippen LogP contribution in [0.25, 0.3) is 23.3 Å². The molecule has 1 nitrogen and oxygen atoms in total. The second-order valence-electron chi connectivity index (χ2n) is 10.2. The average Bonchev–Trinajstić information content (AvgIpc) is 2.93. The fourth-order valence-electron chi connectivity index (χ4n) is 5.45. The molecule has 0 unspecified atom stereocenters. The van der Waals surface area contributed by atoms with Crippen molar-refractivity contribution < 1.29 is 22.3 Å². The smallest absolute Gasteiger partial charge is 0.201 e. The molecule has 0 heterocycles. The van der Waals surface area contributed by atoms with Crippen molar-refractivity contribution in [1.29, 1.82) is 0 Å². The molecule has 0 radical (unpaired) electrons.